The Morgan fingerprint density at radius 3 is 2.33 bits per heavy atom. The van der Waals surface area contributed by atoms with Crippen LogP contribution in [0, 0.1) is 0 Å². The topological polar surface area (TPSA) is 52.0 Å². The third kappa shape index (κ3) is 2.98. The number of hydrogen-bond donors (Lipinski definition) is 1. The van der Waals surface area contributed by atoms with E-state index in [1.54, 1.807) is 0 Å². The van der Waals surface area contributed by atoms with Crippen molar-refractivity contribution < 1.29 is 4.42 Å². The zero-order valence-corrected chi connectivity index (χ0v) is 12.4. The Labute approximate surface area is 124 Å². The van der Waals surface area contributed by atoms with Crippen LogP contribution in [0.3, 0.4) is 0 Å². The highest BCUT2D eigenvalue weighted by atomic mass is 16.3. The molecule has 3 heteroatoms. The number of nitrogens with zero attached hydrogens (tertiary/aromatic N) is 1. The summed E-state index contributed by atoms with van der Waals surface area (Å²) in [7, 11) is 0. The SMILES string of the molecule is CC(C)c1ccc(C(N)Cc2nc3ccccc3o2)cc1. The van der Waals surface area contributed by atoms with Crippen LogP contribution >= 0.6 is 0 Å². The average molecular weight is 280 g/mol. The maximum atomic E-state index is 6.28. The molecule has 3 rings (SSSR count). The summed E-state index contributed by atoms with van der Waals surface area (Å²) in [5.74, 6) is 1.23. The zero-order valence-electron chi connectivity index (χ0n) is 12.4. The second kappa shape index (κ2) is 5.70. The summed E-state index contributed by atoms with van der Waals surface area (Å²) in [6.07, 6.45) is 0.607. The molecule has 1 aromatic heterocycles. The number of rotatable bonds is 4. The molecule has 0 bridgehead atoms. The van der Waals surface area contributed by atoms with Crippen molar-refractivity contribution in [3.8, 4) is 0 Å². The minimum absolute atomic E-state index is 0.0979. The lowest BCUT2D eigenvalue weighted by atomic mass is 9.98. The van der Waals surface area contributed by atoms with Crippen LogP contribution in [0.15, 0.2) is 52.9 Å². The van der Waals surface area contributed by atoms with Crippen LogP contribution in [-0.4, -0.2) is 4.98 Å². The Morgan fingerprint density at radius 2 is 1.67 bits per heavy atom. The number of aromatic nitrogens is 1. The molecule has 0 aliphatic heterocycles. The maximum absolute atomic E-state index is 6.28. The van der Waals surface area contributed by atoms with Gasteiger partial charge in [-0.1, -0.05) is 50.2 Å². The van der Waals surface area contributed by atoms with E-state index in [2.05, 4.69) is 43.1 Å². The van der Waals surface area contributed by atoms with Crippen LogP contribution in [0.2, 0.25) is 0 Å². The highest BCUT2D eigenvalue weighted by Gasteiger charge is 2.12. The predicted octanol–water partition coefficient (Wildman–Crippen LogP) is 4.19. The van der Waals surface area contributed by atoms with E-state index in [4.69, 9.17) is 10.2 Å². The molecule has 0 aliphatic rings. The molecule has 2 N–H and O–H groups in total. The van der Waals surface area contributed by atoms with Crippen LogP contribution < -0.4 is 5.73 Å². The van der Waals surface area contributed by atoms with Crippen molar-refractivity contribution in [1.82, 2.24) is 4.98 Å². The minimum Gasteiger partial charge on any atom is -0.441 e. The van der Waals surface area contributed by atoms with Crippen molar-refractivity contribution in [2.75, 3.05) is 0 Å². The first-order chi connectivity index (χ1) is 10.1. The first-order valence-corrected chi connectivity index (χ1v) is 7.33. The molecule has 0 aliphatic carbocycles. The number of benzene rings is 2. The second-order valence-corrected chi connectivity index (χ2v) is 5.71. The summed E-state index contributed by atoms with van der Waals surface area (Å²) < 4.78 is 5.73. The molecule has 0 saturated carbocycles. The molecule has 0 saturated heterocycles. The highest BCUT2D eigenvalue weighted by Crippen LogP contribution is 2.22. The first-order valence-electron chi connectivity index (χ1n) is 7.33. The van der Waals surface area contributed by atoms with Gasteiger partial charge in [-0.3, -0.25) is 0 Å². The van der Waals surface area contributed by atoms with Gasteiger partial charge in [0.25, 0.3) is 0 Å². The van der Waals surface area contributed by atoms with Crippen LogP contribution in [0.25, 0.3) is 11.1 Å². The Balaban J connectivity index is 1.77. The molecule has 1 atom stereocenters. The Morgan fingerprint density at radius 1 is 1.00 bits per heavy atom. The summed E-state index contributed by atoms with van der Waals surface area (Å²) in [4.78, 5) is 4.48. The molecule has 3 aromatic rings. The molecule has 3 nitrogen and oxygen atoms in total. The molecule has 2 aromatic carbocycles. The average Bonchev–Trinajstić information content (AvgIpc) is 2.89. The standard InChI is InChI=1S/C18H20N2O/c1-12(2)13-7-9-14(10-8-13)15(19)11-18-20-16-5-3-4-6-17(16)21-18/h3-10,12,15H,11,19H2,1-2H3. The summed E-state index contributed by atoms with van der Waals surface area (Å²) in [5, 5.41) is 0. The number of nitrogens with two attached hydrogens (primary N) is 1. The van der Waals surface area contributed by atoms with Gasteiger partial charge in [0.05, 0.1) is 0 Å². The fraction of sp³-hybridized carbons (Fsp3) is 0.278. The Bertz CT molecular complexity index is 695. The smallest absolute Gasteiger partial charge is 0.197 e. The lowest BCUT2D eigenvalue weighted by Crippen LogP contribution is -2.13. The molecule has 0 spiro atoms. The van der Waals surface area contributed by atoms with E-state index in [9.17, 15) is 0 Å². The fourth-order valence-corrected chi connectivity index (χ4v) is 2.44. The van der Waals surface area contributed by atoms with Crippen molar-refractivity contribution >= 4 is 11.1 Å². The number of fused-ring (bicyclic) bond motifs is 1. The third-order valence-corrected chi connectivity index (χ3v) is 3.76. The van der Waals surface area contributed by atoms with E-state index < -0.39 is 0 Å². The number of para-hydroxylation sites is 2. The Kier molecular flexibility index (Phi) is 3.76. The molecule has 0 fully saturated rings. The monoisotopic (exact) mass is 280 g/mol. The van der Waals surface area contributed by atoms with Gasteiger partial charge in [-0.15, -0.1) is 0 Å². The molecular formula is C18H20N2O. The van der Waals surface area contributed by atoms with Crippen LogP contribution in [-0.2, 0) is 6.42 Å². The number of oxazole rings is 1. The van der Waals surface area contributed by atoms with Gasteiger partial charge in [-0.05, 0) is 29.2 Å². The van der Waals surface area contributed by atoms with Crippen molar-refractivity contribution in [2.45, 2.75) is 32.2 Å². The molecule has 21 heavy (non-hydrogen) atoms. The molecule has 108 valence electrons. The summed E-state index contributed by atoms with van der Waals surface area (Å²) in [6, 6.07) is 16.2. The summed E-state index contributed by atoms with van der Waals surface area (Å²) >= 11 is 0. The van der Waals surface area contributed by atoms with Crippen molar-refractivity contribution in [3.63, 3.8) is 0 Å². The molecular weight excluding hydrogens is 260 g/mol. The van der Waals surface area contributed by atoms with Gasteiger partial charge in [-0.25, -0.2) is 4.98 Å². The van der Waals surface area contributed by atoms with Gasteiger partial charge in [0.2, 0.25) is 0 Å². The van der Waals surface area contributed by atoms with E-state index in [-0.39, 0.29) is 6.04 Å². The quantitative estimate of drug-likeness (QED) is 0.779. The third-order valence-electron chi connectivity index (χ3n) is 3.76. The van der Waals surface area contributed by atoms with E-state index in [0.717, 1.165) is 16.7 Å². The molecule has 1 unspecified atom stereocenters. The Hall–Kier alpha value is -2.13. The van der Waals surface area contributed by atoms with E-state index in [0.29, 0.717) is 18.2 Å². The van der Waals surface area contributed by atoms with Gasteiger partial charge in [0.15, 0.2) is 11.5 Å². The van der Waals surface area contributed by atoms with Gasteiger partial charge < -0.3 is 10.2 Å². The maximum Gasteiger partial charge on any atom is 0.197 e. The predicted molar refractivity (Wildman–Crippen MR) is 85.2 cm³/mol. The highest BCUT2D eigenvalue weighted by molar-refractivity contribution is 5.72. The molecule has 1 heterocycles. The largest absolute Gasteiger partial charge is 0.441 e. The zero-order chi connectivity index (χ0) is 14.8. The van der Waals surface area contributed by atoms with Gasteiger partial charge >= 0.3 is 0 Å². The first kappa shape index (κ1) is 13.8. The second-order valence-electron chi connectivity index (χ2n) is 5.71. The fourth-order valence-electron chi connectivity index (χ4n) is 2.44. The van der Waals surface area contributed by atoms with E-state index >= 15 is 0 Å². The lowest BCUT2D eigenvalue weighted by Gasteiger charge is -2.12. The molecule has 0 radical (unpaired) electrons. The van der Waals surface area contributed by atoms with E-state index in [1.165, 1.54) is 5.56 Å². The lowest BCUT2D eigenvalue weighted by molar-refractivity contribution is 0.502. The van der Waals surface area contributed by atoms with Crippen LogP contribution in [0.4, 0.5) is 0 Å². The number of hydrogen-bond acceptors (Lipinski definition) is 3. The van der Waals surface area contributed by atoms with Crippen molar-refractivity contribution in [2.24, 2.45) is 5.73 Å². The van der Waals surface area contributed by atoms with Crippen molar-refractivity contribution in [1.29, 1.82) is 0 Å². The van der Waals surface area contributed by atoms with Crippen LogP contribution in [0.5, 0.6) is 0 Å². The van der Waals surface area contributed by atoms with Gasteiger partial charge in [-0.2, -0.15) is 0 Å². The molecule has 0 amide bonds. The van der Waals surface area contributed by atoms with Gasteiger partial charge in [0, 0.05) is 12.5 Å². The normalized spacial score (nSPS) is 13.0. The summed E-state index contributed by atoms with van der Waals surface area (Å²) in [5.41, 5.74) is 10.4. The van der Waals surface area contributed by atoms with Gasteiger partial charge in [0.1, 0.15) is 5.52 Å². The minimum atomic E-state index is -0.0979. The van der Waals surface area contributed by atoms with Crippen LogP contribution in [0.1, 0.15) is 42.8 Å². The summed E-state index contributed by atoms with van der Waals surface area (Å²) in [6.45, 7) is 4.38. The van der Waals surface area contributed by atoms with Crippen molar-refractivity contribution in [3.05, 3.63) is 65.5 Å². The van der Waals surface area contributed by atoms with E-state index in [1.807, 2.05) is 24.3 Å².